The van der Waals surface area contributed by atoms with Crippen LogP contribution in [-0.4, -0.2) is 55.0 Å². The fourth-order valence-electron chi connectivity index (χ4n) is 2.16. The molecule has 0 radical (unpaired) electrons. The molecule has 7 heteroatoms. The van der Waals surface area contributed by atoms with Crippen molar-refractivity contribution in [1.29, 1.82) is 0 Å². The average Bonchev–Trinajstić information content (AvgIpc) is 2.38. The molecule has 1 N–H and O–H groups in total. The molecular formula is C12H20F2N2O3. The lowest BCUT2D eigenvalue weighted by Crippen LogP contribution is -2.66. The quantitative estimate of drug-likeness (QED) is 0.700. The number of halogens is 2. The lowest BCUT2D eigenvalue weighted by Gasteiger charge is -2.41. The molecule has 5 nitrogen and oxygen atoms in total. The summed E-state index contributed by atoms with van der Waals surface area (Å²) in [6, 6.07) is 0. The molecule has 0 saturated carbocycles. The van der Waals surface area contributed by atoms with Crippen molar-refractivity contribution in [3.63, 3.8) is 0 Å². The van der Waals surface area contributed by atoms with Crippen molar-refractivity contribution in [3.8, 4) is 0 Å². The summed E-state index contributed by atoms with van der Waals surface area (Å²) >= 11 is 0. The number of rotatable bonds is 7. The zero-order valence-electron chi connectivity index (χ0n) is 11.2. The first-order valence-electron chi connectivity index (χ1n) is 6.41. The normalized spacial score (nSPS) is 18.9. The van der Waals surface area contributed by atoms with E-state index in [1.807, 2.05) is 13.8 Å². The minimum absolute atomic E-state index is 0.00681. The predicted molar refractivity (Wildman–Crippen MR) is 64.9 cm³/mol. The molecule has 0 aliphatic carbocycles. The maximum absolute atomic E-state index is 12.3. The fraction of sp³-hybridized carbons (Fsp3) is 0.833. The summed E-state index contributed by atoms with van der Waals surface area (Å²) < 4.78 is 28.5. The lowest BCUT2D eigenvalue weighted by molar-refractivity contribution is -0.151. The highest BCUT2D eigenvalue weighted by molar-refractivity contribution is 5.97. The molecular weight excluding hydrogens is 258 g/mol. The molecule has 1 aliphatic heterocycles. The number of ether oxygens (including phenoxy) is 1. The van der Waals surface area contributed by atoms with Crippen LogP contribution in [0.25, 0.3) is 0 Å². The van der Waals surface area contributed by atoms with Crippen molar-refractivity contribution in [1.82, 2.24) is 10.2 Å². The standard InChI is InChI=1S/C12H20F2N2O3/c1-3-12(4-2)11(18)16(7-10(17)15-12)5-6-19-8-9(13)14/h9H,3-8H2,1-2H3,(H,15,17). The summed E-state index contributed by atoms with van der Waals surface area (Å²) in [5.74, 6) is -0.394. The Morgan fingerprint density at radius 3 is 2.53 bits per heavy atom. The van der Waals surface area contributed by atoms with Gasteiger partial charge in [-0.05, 0) is 12.8 Å². The predicted octanol–water partition coefficient (Wildman–Crippen LogP) is 0.785. The van der Waals surface area contributed by atoms with Crippen molar-refractivity contribution in [2.24, 2.45) is 0 Å². The number of carbonyl (C=O) groups excluding carboxylic acids is 2. The lowest BCUT2D eigenvalue weighted by atomic mass is 9.89. The Hall–Kier alpha value is -1.24. The molecule has 2 amide bonds. The summed E-state index contributed by atoms with van der Waals surface area (Å²) in [7, 11) is 0. The van der Waals surface area contributed by atoms with Crippen LogP contribution in [0.4, 0.5) is 8.78 Å². The van der Waals surface area contributed by atoms with Gasteiger partial charge in [0.1, 0.15) is 12.1 Å². The van der Waals surface area contributed by atoms with Gasteiger partial charge in [0.05, 0.1) is 13.2 Å². The molecule has 0 bridgehead atoms. The highest BCUT2D eigenvalue weighted by atomic mass is 19.3. The van der Waals surface area contributed by atoms with E-state index in [-0.39, 0.29) is 31.5 Å². The first-order valence-corrected chi connectivity index (χ1v) is 6.41. The Bertz CT molecular complexity index is 333. The number of nitrogens with zero attached hydrogens (tertiary/aromatic N) is 1. The van der Waals surface area contributed by atoms with Crippen molar-refractivity contribution in [2.45, 2.75) is 38.7 Å². The smallest absolute Gasteiger partial charge is 0.261 e. The maximum Gasteiger partial charge on any atom is 0.261 e. The number of hydrogen-bond donors (Lipinski definition) is 1. The van der Waals surface area contributed by atoms with Gasteiger partial charge in [-0.2, -0.15) is 0 Å². The third kappa shape index (κ3) is 3.86. The molecule has 1 heterocycles. The molecule has 0 aromatic heterocycles. The van der Waals surface area contributed by atoms with Crippen molar-refractivity contribution in [3.05, 3.63) is 0 Å². The SMILES string of the molecule is CCC1(CC)NC(=O)CN(CCOCC(F)F)C1=O. The zero-order valence-corrected chi connectivity index (χ0v) is 11.2. The van der Waals surface area contributed by atoms with E-state index < -0.39 is 18.6 Å². The van der Waals surface area contributed by atoms with E-state index in [2.05, 4.69) is 5.32 Å². The second kappa shape index (κ2) is 6.79. The van der Waals surface area contributed by atoms with E-state index >= 15 is 0 Å². The summed E-state index contributed by atoms with van der Waals surface area (Å²) in [5, 5.41) is 2.73. The second-order valence-corrected chi connectivity index (χ2v) is 4.53. The molecule has 0 unspecified atom stereocenters. The van der Waals surface area contributed by atoms with Crippen LogP contribution in [0.5, 0.6) is 0 Å². The first kappa shape index (κ1) is 15.8. The number of alkyl halides is 2. The van der Waals surface area contributed by atoms with Crippen LogP contribution >= 0.6 is 0 Å². The molecule has 1 aliphatic rings. The molecule has 1 fully saturated rings. The Morgan fingerprint density at radius 1 is 1.37 bits per heavy atom. The van der Waals surface area contributed by atoms with Crippen molar-refractivity contribution < 1.29 is 23.1 Å². The van der Waals surface area contributed by atoms with Crippen LogP contribution < -0.4 is 5.32 Å². The van der Waals surface area contributed by atoms with Crippen LogP contribution in [0.3, 0.4) is 0 Å². The van der Waals surface area contributed by atoms with E-state index in [0.717, 1.165) is 0 Å². The van der Waals surface area contributed by atoms with E-state index in [1.165, 1.54) is 4.90 Å². The van der Waals surface area contributed by atoms with Crippen LogP contribution in [0.2, 0.25) is 0 Å². The second-order valence-electron chi connectivity index (χ2n) is 4.53. The van der Waals surface area contributed by atoms with Gasteiger partial charge in [0.15, 0.2) is 0 Å². The number of hydrogen-bond acceptors (Lipinski definition) is 3. The number of piperazine rings is 1. The van der Waals surface area contributed by atoms with Gasteiger partial charge < -0.3 is 15.0 Å². The molecule has 1 saturated heterocycles. The average molecular weight is 278 g/mol. The van der Waals surface area contributed by atoms with Gasteiger partial charge in [-0.25, -0.2) is 8.78 Å². The minimum Gasteiger partial charge on any atom is -0.374 e. The molecule has 0 aromatic carbocycles. The highest BCUT2D eigenvalue weighted by Crippen LogP contribution is 2.21. The van der Waals surface area contributed by atoms with Gasteiger partial charge in [0.25, 0.3) is 6.43 Å². The monoisotopic (exact) mass is 278 g/mol. The topological polar surface area (TPSA) is 58.6 Å². The molecule has 0 atom stereocenters. The van der Waals surface area contributed by atoms with Gasteiger partial charge in [0.2, 0.25) is 11.8 Å². The van der Waals surface area contributed by atoms with Gasteiger partial charge in [-0.1, -0.05) is 13.8 Å². The third-order valence-electron chi connectivity index (χ3n) is 3.37. The molecule has 110 valence electrons. The van der Waals surface area contributed by atoms with Crippen LogP contribution in [-0.2, 0) is 14.3 Å². The van der Waals surface area contributed by atoms with Crippen LogP contribution in [0, 0.1) is 0 Å². The van der Waals surface area contributed by atoms with Crippen LogP contribution in [0.1, 0.15) is 26.7 Å². The van der Waals surface area contributed by atoms with Crippen molar-refractivity contribution in [2.75, 3.05) is 26.3 Å². The number of nitrogens with one attached hydrogen (secondary N) is 1. The Balaban J connectivity index is 2.57. The molecule has 1 rings (SSSR count). The van der Waals surface area contributed by atoms with Gasteiger partial charge in [-0.15, -0.1) is 0 Å². The first-order chi connectivity index (χ1) is 8.95. The number of carbonyl (C=O) groups is 2. The number of amides is 2. The van der Waals surface area contributed by atoms with Gasteiger partial charge in [-0.3, -0.25) is 9.59 Å². The minimum atomic E-state index is -2.52. The van der Waals surface area contributed by atoms with Crippen molar-refractivity contribution >= 4 is 11.8 Å². The molecule has 0 aromatic rings. The van der Waals surface area contributed by atoms with Gasteiger partial charge in [0, 0.05) is 6.54 Å². The van der Waals surface area contributed by atoms with E-state index in [1.54, 1.807) is 0 Å². The van der Waals surface area contributed by atoms with E-state index in [4.69, 9.17) is 4.74 Å². The Morgan fingerprint density at radius 2 is 2.00 bits per heavy atom. The van der Waals surface area contributed by atoms with E-state index in [0.29, 0.717) is 12.8 Å². The van der Waals surface area contributed by atoms with Gasteiger partial charge >= 0.3 is 0 Å². The maximum atomic E-state index is 12.3. The largest absolute Gasteiger partial charge is 0.374 e. The summed E-state index contributed by atoms with van der Waals surface area (Å²) in [6.45, 7) is 3.13. The summed E-state index contributed by atoms with van der Waals surface area (Å²) in [6.07, 6.45) is -1.52. The summed E-state index contributed by atoms with van der Waals surface area (Å²) in [4.78, 5) is 25.3. The third-order valence-corrected chi connectivity index (χ3v) is 3.37. The summed E-state index contributed by atoms with van der Waals surface area (Å²) in [5.41, 5.74) is -0.863. The highest BCUT2D eigenvalue weighted by Gasteiger charge is 2.43. The Kier molecular flexibility index (Phi) is 5.65. The van der Waals surface area contributed by atoms with Crippen LogP contribution in [0.15, 0.2) is 0 Å². The fourth-order valence-corrected chi connectivity index (χ4v) is 2.16. The van der Waals surface area contributed by atoms with E-state index in [9.17, 15) is 18.4 Å². The zero-order chi connectivity index (χ0) is 14.5. The molecule has 19 heavy (non-hydrogen) atoms. The Labute approximate surface area is 111 Å². The molecule has 0 spiro atoms.